The highest BCUT2D eigenvalue weighted by Gasteiger charge is 2.31. The van der Waals surface area contributed by atoms with Crippen molar-refractivity contribution in [3.05, 3.63) is 28.2 Å². The number of amides is 1. The fraction of sp³-hybridized carbons (Fsp3) is 0.611. The third kappa shape index (κ3) is 4.98. The second kappa shape index (κ2) is 9.28. The molecule has 0 bridgehead atoms. The van der Waals surface area contributed by atoms with E-state index in [1.807, 2.05) is 16.7 Å². The molecule has 2 fully saturated rings. The molecule has 156 valence electrons. The molecule has 0 aromatic heterocycles. The molecular weight excluding hydrogens is 425 g/mol. The minimum atomic E-state index is -3.63. The summed E-state index contributed by atoms with van der Waals surface area (Å²) in [4.78, 5) is 16.5. The van der Waals surface area contributed by atoms with E-state index in [0.717, 1.165) is 6.42 Å². The number of halogens is 2. The van der Waals surface area contributed by atoms with Crippen molar-refractivity contribution in [3.63, 3.8) is 0 Å². The molecule has 0 spiro atoms. The van der Waals surface area contributed by atoms with Crippen LogP contribution in [-0.4, -0.2) is 87.0 Å². The van der Waals surface area contributed by atoms with Gasteiger partial charge in [-0.2, -0.15) is 4.31 Å². The lowest BCUT2D eigenvalue weighted by Gasteiger charge is -2.36. The standard InChI is InChI=1S/C18H25Cl2N3O4S/c1-2-14-12-22(9-10-27-14)18(24)13-21-5-7-23(8-6-21)28(25,26)15-3-4-16(19)17(20)11-15/h3-4,11,14H,2,5-10,12-13H2,1H3. The third-order valence-corrected chi connectivity index (χ3v) is 7.80. The van der Waals surface area contributed by atoms with Gasteiger partial charge in [0.1, 0.15) is 0 Å². The van der Waals surface area contributed by atoms with Crippen LogP contribution in [0.4, 0.5) is 0 Å². The van der Waals surface area contributed by atoms with Crippen LogP contribution < -0.4 is 0 Å². The molecule has 0 saturated carbocycles. The molecule has 7 nitrogen and oxygen atoms in total. The number of carbonyl (C=O) groups excluding carboxylic acids is 1. The van der Waals surface area contributed by atoms with Crippen molar-refractivity contribution in [1.82, 2.24) is 14.1 Å². The highest BCUT2D eigenvalue weighted by molar-refractivity contribution is 7.89. The second-order valence-corrected chi connectivity index (χ2v) is 9.75. The number of carbonyl (C=O) groups is 1. The molecule has 1 atom stereocenters. The Morgan fingerprint density at radius 1 is 1.14 bits per heavy atom. The lowest BCUT2D eigenvalue weighted by Crippen LogP contribution is -2.53. The molecule has 2 aliphatic rings. The summed E-state index contributed by atoms with van der Waals surface area (Å²) < 4.78 is 32.7. The normalized spacial score (nSPS) is 22.4. The van der Waals surface area contributed by atoms with Crippen LogP contribution in [0.25, 0.3) is 0 Å². The van der Waals surface area contributed by atoms with Crippen molar-refractivity contribution in [3.8, 4) is 0 Å². The third-order valence-electron chi connectivity index (χ3n) is 5.17. The molecule has 1 aromatic rings. The average molecular weight is 450 g/mol. The van der Waals surface area contributed by atoms with Gasteiger partial charge in [-0.25, -0.2) is 8.42 Å². The maximum absolute atomic E-state index is 12.8. The maximum Gasteiger partial charge on any atom is 0.243 e. The van der Waals surface area contributed by atoms with Crippen molar-refractivity contribution >= 4 is 39.1 Å². The van der Waals surface area contributed by atoms with Gasteiger partial charge < -0.3 is 9.64 Å². The number of benzene rings is 1. The monoisotopic (exact) mass is 449 g/mol. The van der Waals surface area contributed by atoms with Gasteiger partial charge in [-0.3, -0.25) is 9.69 Å². The Labute approximate surface area is 176 Å². The van der Waals surface area contributed by atoms with Crippen LogP contribution in [-0.2, 0) is 19.6 Å². The van der Waals surface area contributed by atoms with Crippen LogP contribution in [0.3, 0.4) is 0 Å². The van der Waals surface area contributed by atoms with E-state index < -0.39 is 10.0 Å². The van der Waals surface area contributed by atoms with E-state index in [9.17, 15) is 13.2 Å². The summed E-state index contributed by atoms with van der Waals surface area (Å²) in [6, 6.07) is 4.32. The highest BCUT2D eigenvalue weighted by Crippen LogP contribution is 2.27. The molecule has 0 N–H and O–H groups in total. The van der Waals surface area contributed by atoms with Gasteiger partial charge in [0.05, 0.1) is 34.2 Å². The number of morpholine rings is 1. The number of piperazine rings is 1. The number of nitrogens with zero attached hydrogens (tertiary/aromatic N) is 3. The number of sulfonamides is 1. The molecule has 0 aliphatic carbocycles. The molecule has 1 unspecified atom stereocenters. The van der Waals surface area contributed by atoms with E-state index in [1.165, 1.54) is 22.5 Å². The zero-order chi connectivity index (χ0) is 20.3. The van der Waals surface area contributed by atoms with Gasteiger partial charge >= 0.3 is 0 Å². The quantitative estimate of drug-likeness (QED) is 0.686. The van der Waals surface area contributed by atoms with Gasteiger partial charge in [-0.05, 0) is 24.6 Å². The van der Waals surface area contributed by atoms with Crippen molar-refractivity contribution in [1.29, 1.82) is 0 Å². The van der Waals surface area contributed by atoms with Gasteiger partial charge in [-0.15, -0.1) is 0 Å². The van der Waals surface area contributed by atoms with E-state index in [4.69, 9.17) is 27.9 Å². The van der Waals surface area contributed by atoms with Crippen molar-refractivity contribution in [2.75, 3.05) is 52.4 Å². The minimum absolute atomic E-state index is 0.0718. The summed E-state index contributed by atoms with van der Waals surface area (Å²) in [5.74, 6) is 0.0718. The van der Waals surface area contributed by atoms with Crippen LogP contribution in [0.1, 0.15) is 13.3 Å². The predicted octanol–water partition coefficient (Wildman–Crippen LogP) is 1.94. The van der Waals surface area contributed by atoms with Crippen molar-refractivity contribution in [2.45, 2.75) is 24.3 Å². The number of ether oxygens (including phenoxy) is 1. The summed E-state index contributed by atoms with van der Waals surface area (Å²) in [5.41, 5.74) is 0. The molecular formula is C18H25Cl2N3O4S. The highest BCUT2D eigenvalue weighted by atomic mass is 35.5. The Balaban J connectivity index is 1.55. The molecule has 3 rings (SSSR count). The SMILES string of the molecule is CCC1CN(C(=O)CN2CCN(S(=O)(=O)c3ccc(Cl)c(Cl)c3)CC2)CCO1. The van der Waals surface area contributed by atoms with E-state index in [-0.39, 0.29) is 21.9 Å². The lowest BCUT2D eigenvalue weighted by atomic mass is 10.2. The molecule has 1 amide bonds. The Hall–Kier alpha value is -0.900. The predicted molar refractivity (Wildman–Crippen MR) is 108 cm³/mol. The minimum Gasteiger partial charge on any atom is -0.375 e. The Morgan fingerprint density at radius 2 is 1.86 bits per heavy atom. The van der Waals surface area contributed by atoms with Gasteiger partial charge in [0.25, 0.3) is 0 Å². The van der Waals surface area contributed by atoms with Crippen molar-refractivity contribution in [2.24, 2.45) is 0 Å². The fourth-order valence-corrected chi connectivity index (χ4v) is 5.21. The first-order valence-electron chi connectivity index (χ1n) is 9.38. The summed E-state index contributed by atoms with van der Waals surface area (Å²) >= 11 is 11.8. The molecule has 2 saturated heterocycles. The first-order valence-corrected chi connectivity index (χ1v) is 11.6. The molecule has 2 aliphatic heterocycles. The van der Waals surface area contributed by atoms with E-state index in [0.29, 0.717) is 57.4 Å². The van der Waals surface area contributed by atoms with E-state index >= 15 is 0 Å². The number of hydrogen-bond acceptors (Lipinski definition) is 5. The fourth-order valence-electron chi connectivity index (χ4n) is 3.40. The molecule has 10 heteroatoms. The van der Waals surface area contributed by atoms with Gasteiger partial charge in [0.15, 0.2) is 0 Å². The Kier molecular flexibility index (Phi) is 7.22. The molecule has 0 radical (unpaired) electrons. The van der Waals surface area contributed by atoms with Crippen LogP contribution >= 0.6 is 23.2 Å². The van der Waals surface area contributed by atoms with Crippen LogP contribution in [0.5, 0.6) is 0 Å². The average Bonchev–Trinajstić information content (AvgIpc) is 2.70. The van der Waals surface area contributed by atoms with Gasteiger partial charge in [0, 0.05) is 39.3 Å². The zero-order valence-electron chi connectivity index (χ0n) is 15.8. The molecule has 2 heterocycles. The topological polar surface area (TPSA) is 70.2 Å². The Morgan fingerprint density at radius 3 is 2.50 bits per heavy atom. The van der Waals surface area contributed by atoms with Crippen molar-refractivity contribution < 1.29 is 17.9 Å². The van der Waals surface area contributed by atoms with E-state index in [2.05, 4.69) is 0 Å². The summed E-state index contributed by atoms with van der Waals surface area (Å²) in [7, 11) is -3.63. The molecule has 1 aromatic carbocycles. The van der Waals surface area contributed by atoms with E-state index in [1.54, 1.807) is 0 Å². The van der Waals surface area contributed by atoms with Crippen LogP contribution in [0, 0.1) is 0 Å². The van der Waals surface area contributed by atoms with Crippen LogP contribution in [0.15, 0.2) is 23.1 Å². The molecule has 28 heavy (non-hydrogen) atoms. The Bertz CT molecular complexity index is 813. The smallest absolute Gasteiger partial charge is 0.243 e. The summed E-state index contributed by atoms with van der Waals surface area (Å²) in [6.45, 7) is 5.83. The van der Waals surface area contributed by atoms with Gasteiger partial charge in [0.2, 0.25) is 15.9 Å². The summed E-state index contributed by atoms with van der Waals surface area (Å²) in [6.07, 6.45) is 0.987. The first kappa shape index (κ1) is 21.8. The second-order valence-electron chi connectivity index (χ2n) is 7.00. The number of hydrogen-bond donors (Lipinski definition) is 0. The lowest BCUT2D eigenvalue weighted by molar-refractivity contribution is -0.140. The van der Waals surface area contributed by atoms with Crippen LogP contribution in [0.2, 0.25) is 10.0 Å². The first-order chi connectivity index (χ1) is 13.3. The zero-order valence-corrected chi connectivity index (χ0v) is 18.1. The maximum atomic E-state index is 12.8. The summed E-state index contributed by atoms with van der Waals surface area (Å²) in [5, 5.41) is 0.528. The number of rotatable bonds is 5. The largest absolute Gasteiger partial charge is 0.375 e. The van der Waals surface area contributed by atoms with Gasteiger partial charge in [-0.1, -0.05) is 30.1 Å².